The van der Waals surface area contributed by atoms with E-state index in [4.69, 9.17) is 4.52 Å². The molecular weight excluding hydrogens is 294 g/mol. The lowest BCUT2D eigenvalue weighted by Gasteiger charge is -2.33. The molecule has 0 unspecified atom stereocenters. The van der Waals surface area contributed by atoms with Crippen molar-refractivity contribution in [1.82, 2.24) is 25.3 Å². The lowest BCUT2D eigenvalue weighted by Crippen LogP contribution is -2.49. The van der Waals surface area contributed by atoms with Crippen LogP contribution >= 0.6 is 0 Å². The van der Waals surface area contributed by atoms with E-state index in [1.807, 2.05) is 6.92 Å². The summed E-state index contributed by atoms with van der Waals surface area (Å²) in [6.07, 6.45) is 2.85. The zero-order valence-electron chi connectivity index (χ0n) is 14.5. The molecule has 1 amide bonds. The molecule has 7 nitrogen and oxygen atoms in total. The van der Waals surface area contributed by atoms with Gasteiger partial charge in [0.25, 0.3) is 0 Å². The van der Waals surface area contributed by atoms with Crippen LogP contribution in [-0.4, -0.2) is 64.6 Å². The molecule has 1 aromatic heterocycles. The first-order chi connectivity index (χ1) is 11.1. The molecule has 1 atom stereocenters. The Morgan fingerprint density at radius 2 is 1.96 bits per heavy atom. The topological polar surface area (TPSA) is 74.5 Å². The van der Waals surface area contributed by atoms with Crippen LogP contribution < -0.4 is 5.32 Å². The predicted molar refractivity (Wildman–Crippen MR) is 87.9 cm³/mol. The summed E-state index contributed by atoms with van der Waals surface area (Å²) in [6.45, 7) is 11.0. The van der Waals surface area contributed by atoms with Gasteiger partial charge in [0, 0.05) is 38.6 Å². The number of hydrogen-bond acceptors (Lipinski definition) is 6. The van der Waals surface area contributed by atoms with Crippen LogP contribution in [0.2, 0.25) is 0 Å². The number of aryl methyl sites for hydroxylation is 1. The molecule has 1 saturated heterocycles. The third-order valence-corrected chi connectivity index (χ3v) is 4.19. The SMILES string of the molecule is CCCc1noc(CN2CCN(CC(=O)N[C@@H](C)CC)CC2)n1. The van der Waals surface area contributed by atoms with E-state index in [0.717, 1.165) is 51.3 Å². The van der Waals surface area contributed by atoms with Crippen LogP contribution in [0.25, 0.3) is 0 Å². The molecule has 0 radical (unpaired) electrons. The van der Waals surface area contributed by atoms with Crippen LogP contribution in [0, 0.1) is 0 Å². The van der Waals surface area contributed by atoms with E-state index in [2.05, 4.69) is 39.1 Å². The second-order valence-corrected chi connectivity index (χ2v) is 6.28. The zero-order valence-corrected chi connectivity index (χ0v) is 14.5. The third kappa shape index (κ3) is 5.91. The van der Waals surface area contributed by atoms with Crippen LogP contribution in [0.1, 0.15) is 45.3 Å². The molecule has 0 aliphatic carbocycles. The van der Waals surface area contributed by atoms with Crippen molar-refractivity contribution in [2.75, 3.05) is 32.7 Å². The van der Waals surface area contributed by atoms with Crippen molar-refractivity contribution >= 4 is 5.91 Å². The first-order valence-corrected chi connectivity index (χ1v) is 8.66. The maximum absolute atomic E-state index is 11.9. The van der Waals surface area contributed by atoms with Gasteiger partial charge in [-0.25, -0.2) is 0 Å². The van der Waals surface area contributed by atoms with Gasteiger partial charge in [-0.05, 0) is 19.8 Å². The Morgan fingerprint density at radius 3 is 2.61 bits per heavy atom. The van der Waals surface area contributed by atoms with E-state index in [-0.39, 0.29) is 11.9 Å². The second-order valence-electron chi connectivity index (χ2n) is 6.28. The highest BCUT2D eigenvalue weighted by Crippen LogP contribution is 2.08. The van der Waals surface area contributed by atoms with E-state index in [0.29, 0.717) is 19.0 Å². The molecule has 2 heterocycles. The molecule has 1 aliphatic rings. The first-order valence-electron chi connectivity index (χ1n) is 8.66. The molecule has 23 heavy (non-hydrogen) atoms. The summed E-state index contributed by atoms with van der Waals surface area (Å²) in [7, 11) is 0. The van der Waals surface area contributed by atoms with Crippen LogP contribution in [0.15, 0.2) is 4.52 Å². The quantitative estimate of drug-likeness (QED) is 0.771. The minimum Gasteiger partial charge on any atom is -0.353 e. The fourth-order valence-electron chi connectivity index (χ4n) is 2.60. The summed E-state index contributed by atoms with van der Waals surface area (Å²) in [4.78, 5) is 20.8. The average molecular weight is 323 g/mol. The van der Waals surface area contributed by atoms with Crippen LogP contribution in [0.3, 0.4) is 0 Å². The fraction of sp³-hybridized carbons (Fsp3) is 0.812. The summed E-state index contributed by atoms with van der Waals surface area (Å²) in [5.41, 5.74) is 0. The number of carbonyl (C=O) groups is 1. The smallest absolute Gasteiger partial charge is 0.240 e. The molecule has 0 aromatic carbocycles. The van der Waals surface area contributed by atoms with Crippen LogP contribution in [0.5, 0.6) is 0 Å². The van der Waals surface area contributed by atoms with Crippen molar-refractivity contribution in [2.45, 2.75) is 52.6 Å². The minimum atomic E-state index is 0.119. The normalized spacial score (nSPS) is 18.0. The Bertz CT molecular complexity index is 483. The number of piperazine rings is 1. The molecular formula is C16H29N5O2. The molecule has 0 bridgehead atoms. The molecule has 7 heteroatoms. The van der Waals surface area contributed by atoms with Crippen LogP contribution in [-0.2, 0) is 17.8 Å². The highest BCUT2D eigenvalue weighted by atomic mass is 16.5. The number of rotatable bonds is 8. The van der Waals surface area contributed by atoms with Crippen molar-refractivity contribution in [3.05, 3.63) is 11.7 Å². The second kappa shape index (κ2) is 8.98. The number of aromatic nitrogens is 2. The lowest BCUT2D eigenvalue weighted by atomic mass is 10.2. The average Bonchev–Trinajstić information content (AvgIpc) is 2.96. The number of amides is 1. The fourth-order valence-corrected chi connectivity index (χ4v) is 2.60. The molecule has 1 fully saturated rings. The molecule has 1 aliphatic heterocycles. The van der Waals surface area contributed by atoms with E-state index in [1.165, 1.54) is 0 Å². The maximum Gasteiger partial charge on any atom is 0.240 e. The van der Waals surface area contributed by atoms with Crippen molar-refractivity contribution in [1.29, 1.82) is 0 Å². The lowest BCUT2D eigenvalue weighted by molar-refractivity contribution is -0.123. The largest absolute Gasteiger partial charge is 0.353 e. The molecule has 2 rings (SSSR count). The maximum atomic E-state index is 11.9. The van der Waals surface area contributed by atoms with Gasteiger partial charge in [0.2, 0.25) is 11.8 Å². The summed E-state index contributed by atoms with van der Waals surface area (Å²) in [5, 5.41) is 7.00. The van der Waals surface area contributed by atoms with Crippen molar-refractivity contribution < 1.29 is 9.32 Å². The van der Waals surface area contributed by atoms with Gasteiger partial charge in [-0.15, -0.1) is 0 Å². The number of hydrogen-bond donors (Lipinski definition) is 1. The Balaban J connectivity index is 1.70. The van der Waals surface area contributed by atoms with Gasteiger partial charge >= 0.3 is 0 Å². The Kier molecular flexibility index (Phi) is 6.98. The number of carbonyl (C=O) groups excluding carboxylic acids is 1. The molecule has 1 N–H and O–H groups in total. The third-order valence-electron chi connectivity index (χ3n) is 4.19. The zero-order chi connectivity index (χ0) is 16.7. The molecule has 1 aromatic rings. The van der Waals surface area contributed by atoms with Crippen LogP contribution in [0.4, 0.5) is 0 Å². The van der Waals surface area contributed by atoms with Crippen molar-refractivity contribution in [3.8, 4) is 0 Å². The van der Waals surface area contributed by atoms with Gasteiger partial charge in [0.15, 0.2) is 5.82 Å². The predicted octanol–water partition coefficient (Wildman–Crippen LogP) is 1.05. The summed E-state index contributed by atoms with van der Waals surface area (Å²) >= 11 is 0. The summed E-state index contributed by atoms with van der Waals surface area (Å²) < 4.78 is 5.29. The van der Waals surface area contributed by atoms with Crippen molar-refractivity contribution in [2.24, 2.45) is 0 Å². The van der Waals surface area contributed by atoms with Crippen molar-refractivity contribution in [3.63, 3.8) is 0 Å². The highest BCUT2D eigenvalue weighted by Gasteiger charge is 2.21. The van der Waals surface area contributed by atoms with Gasteiger partial charge in [0.1, 0.15) is 0 Å². The molecule has 0 saturated carbocycles. The van der Waals surface area contributed by atoms with Gasteiger partial charge in [-0.3, -0.25) is 14.6 Å². The van der Waals surface area contributed by atoms with E-state index in [9.17, 15) is 4.79 Å². The highest BCUT2D eigenvalue weighted by molar-refractivity contribution is 5.78. The minimum absolute atomic E-state index is 0.119. The Hall–Kier alpha value is -1.47. The van der Waals surface area contributed by atoms with E-state index < -0.39 is 0 Å². The Labute approximate surface area is 138 Å². The number of nitrogens with zero attached hydrogens (tertiary/aromatic N) is 4. The monoisotopic (exact) mass is 323 g/mol. The van der Waals surface area contributed by atoms with E-state index >= 15 is 0 Å². The molecule has 0 spiro atoms. The van der Waals surface area contributed by atoms with Gasteiger partial charge in [0.05, 0.1) is 13.1 Å². The Morgan fingerprint density at radius 1 is 1.26 bits per heavy atom. The van der Waals surface area contributed by atoms with Gasteiger partial charge in [-0.2, -0.15) is 4.98 Å². The molecule has 130 valence electrons. The van der Waals surface area contributed by atoms with Gasteiger partial charge in [-0.1, -0.05) is 19.0 Å². The first kappa shape index (κ1) is 17.9. The van der Waals surface area contributed by atoms with E-state index in [1.54, 1.807) is 0 Å². The summed E-state index contributed by atoms with van der Waals surface area (Å²) in [6, 6.07) is 0.249. The number of nitrogens with one attached hydrogen (secondary N) is 1. The standard InChI is InChI=1S/C16H29N5O2/c1-4-6-14-18-16(23-19-14)12-21-9-7-20(8-10-21)11-15(22)17-13(3)5-2/h13H,4-12H2,1-3H3,(H,17,22)/t13-/m0/s1. The van der Waals surface area contributed by atoms with Gasteiger partial charge < -0.3 is 9.84 Å². The summed E-state index contributed by atoms with van der Waals surface area (Å²) in [5.74, 6) is 1.60.